The predicted molar refractivity (Wildman–Crippen MR) is 126 cm³/mol. The summed E-state index contributed by atoms with van der Waals surface area (Å²) in [7, 11) is 0. The van der Waals surface area contributed by atoms with Gasteiger partial charge in [-0.2, -0.15) is 0 Å². The Hall–Kier alpha value is -2.63. The summed E-state index contributed by atoms with van der Waals surface area (Å²) in [4.78, 5) is 14.8. The Kier molecular flexibility index (Phi) is 6.73. The largest absolute Gasteiger partial charge is 0.448 e. The van der Waals surface area contributed by atoms with Gasteiger partial charge in [-0.25, -0.2) is 4.79 Å². The molecule has 0 aromatic heterocycles. The molecule has 0 aliphatic heterocycles. The van der Waals surface area contributed by atoms with Crippen LogP contribution in [-0.4, -0.2) is 35.4 Å². The van der Waals surface area contributed by atoms with Gasteiger partial charge in [-0.1, -0.05) is 89.6 Å². The summed E-state index contributed by atoms with van der Waals surface area (Å²) in [6.45, 7) is 2.49. The van der Waals surface area contributed by atoms with E-state index in [9.17, 15) is 9.90 Å². The lowest BCUT2D eigenvalue weighted by atomic mass is 9.98. The van der Waals surface area contributed by atoms with Crippen LogP contribution in [0.25, 0.3) is 11.1 Å². The van der Waals surface area contributed by atoms with Crippen LogP contribution in [0, 0.1) is 0 Å². The summed E-state index contributed by atoms with van der Waals surface area (Å²) in [6.07, 6.45) is 0.240. The Balaban J connectivity index is 1.55. The number of carbonyl (C=O) groups is 1. The summed E-state index contributed by atoms with van der Waals surface area (Å²) < 4.78 is 6.79. The van der Waals surface area contributed by atoms with E-state index in [2.05, 4.69) is 40.2 Å². The molecule has 4 nitrogen and oxygen atoms in total. The van der Waals surface area contributed by atoms with Crippen LogP contribution in [0.1, 0.15) is 36.0 Å². The van der Waals surface area contributed by atoms with Gasteiger partial charge in [0.1, 0.15) is 6.61 Å². The number of ether oxygens (including phenoxy) is 1. The number of rotatable bonds is 7. The van der Waals surface area contributed by atoms with E-state index in [0.29, 0.717) is 13.0 Å². The van der Waals surface area contributed by atoms with Gasteiger partial charge in [0.2, 0.25) is 0 Å². The van der Waals surface area contributed by atoms with E-state index < -0.39 is 6.09 Å². The molecule has 0 fully saturated rings. The standard InChI is InChI=1S/C26H26BrNO3/c1-2-19(16-29)28(15-18-9-3-8-14-25(18)27)26(30)31-17-24-22-12-6-4-10-20(22)21-11-5-7-13-23(21)24/h3-14,19,24,29H,2,15-17H2,1H3. The maximum atomic E-state index is 13.2. The molecule has 1 atom stereocenters. The van der Waals surface area contributed by atoms with Crippen molar-refractivity contribution < 1.29 is 14.6 Å². The van der Waals surface area contributed by atoms with Crippen LogP contribution in [0.3, 0.4) is 0 Å². The van der Waals surface area contributed by atoms with Crippen molar-refractivity contribution in [2.75, 3.05) is 13.2 Å². The van der Waals surface area contributed by atoms with Gasteiger partial charge in [0.15, 0.2) is 0 Å². The normalized spacial score (nSPS) is 13.4. The number of aliphatic hydroxyl groups is 1. The van der Waals surface area contributed by atoms with E-state index >= 15 is 0 Å². The third kappa shape index (κ3) is 4.39. The number of carbonyl (C=O) groups excluding carboxylic acids is 1. The van der Waals surface area contributed by atoms with Crippen molar-refractivity contribution in [3.63, 3.8) is 0 Å². The van der Waals surface area contributed by atoms with Gasteiger partial charge in [-0.15, -0.1) is 0 Å². The Labute approximate surface area is 191 Å². The van der Waals surface area contributed by atoms with E-state index in [-0.39, 0.29) is 25.2 Å². The maximum absolute atomic E-state index is 13.2. The molecule has 1 amide bonds. The number of benzene rings is 3. The molecule has 0 saturated carbocycles. The van der Waals surface area contributed by atoms with Crippen molar-refractivity contribution in [1.82, 2.24) is 4.90 Å². The lowest BCUT2D eigenvalue weighted by Crippen LogP contribution is -2.42. The first-order valence-electron chi connectivity index (χ1n) is 10.6. The Bertz CT molecular complexity index is 1020. The lowest BCUT2D eigenvalue weighted by molar-refractivity contribution is 0.0622. The number of hydrogen-bond acceptors (Lipinski definition) is 3. The van der Waals surface area contributed by atoms with Crippen LogP contribution < -0.4 is 0 Å². The first-order chi connectivity index (χ1) is 15.1. The molecule has 3 aromatic rings. The summed E-state index contributed by atoms with van der Waals surface area (Å²) in [5.74, 6) is 0.0101. The molecule has 31 heavy (non-hydrogen) atoms. The summed E-state index contributed by atoms with van der Waals surface area (Å²) in [5.41, 5.74) is 5.74. The number of nitrogens with zero attached hydrogens (tertiary/aromatic N) is 1. The molecule has 1 aliphatic carbocycles. The third-order valence-corrected chi connectivity index (χ3v) is 6.77. The SMILES string of the molecule is CCC(CO)N(Cc1ccccc1Br)C(=O)OCC1c2ccccc2-c2ccccc21. The van der Waals surface area contributed by atoms with Crippen molar-refractivity contribution in [3.8, 4) is 11.1 Å². The number of halogens is 1. The second-order valence-corrected chi connectivity index (χ2v) is 8.62. The molecule has 0 spiro atoms. The highest BCUT2D eigenvalue weighted by Gasteiger charge is 2.31. The van der Waals surface area contributed by atoms with Gasteiger partial charge in [-0.05, 0) is 40.3 Å². The van der Waals surface area contributed by atoms with Gasteiger partial charge in [0.25, 0.3) is 0 Å². The molecule has 3 aromatic carbocycles. The van der Waals surface area contributed by atoms with Gasteiger partial charge in [0, 0.05) is 10.4 Å². The van der Waals surface area contributed by atoms with Crippen LogP contribution in [0.2, 0.25) is 0 Å². The number of aliphatic hydroxyl groups excluding tert-OH is 1. The topological polar surface area (TPSA) is 49.8 Å². The van der Waals surface area contributed by atoms with Crippen molar-refractivity contribution >= 4 is 22.0 Å². The first kappa shape index (κ1) is 21.6. The minimum absolute atomic E-state index is 0.0101. The highest BCUT2D eigenvalue weighted by atomic mass is 79.9. The van der Waals surface area contributed by atoms with Gasteiger partial charge in [0.05, 0.1) is 19.2 Å². The van der Waals surface area contributed by atoms with Gasteiger partial charge in [-0.3, -0.25) is 4.90 Å². The monoisotopic (exact) mass is 479 g/mol. The van der Waals surface area contributed by atoms with Crippen LogP contribution >= 0.6 is 15.9 Å². The molecule has 160 valence electrons. The van der Waals surface area contributed by atoms with Crippen LogP contribution in [-0.2, 0) is 11.3 Å². The molecule has 0 bridgehead atoms. The Morgan fingerprint density at radius 3 is 2.16 bits per heavy atom. The average Bonchev–Trinajstić information content (AvgIpc) is 3.12. The summed E-state index contributed by atoms with van der Waals surface area (Å²) in [6, 6.07) is 24.1. The van der Waals surface area contributed by atoms with E-state index in [0.717, 1.165) is 10.0 Å². The fraction of sp³-hybridized carbons (Fsp3) is 0.269. The number of amides is 1. The fourth-order valence-electron chi connectivity index (χ4n) is 4.28. The van der Waals surface area contributed by atoms with Crippen molar-refractivity contribution in [2.24, 2.45) is 0 Å². The van der Waals surface area contributed by atoms with E-state index in [1.165, 1.54) is 22.3 Å². The minimum atomic E-state index is -0.404. The highest BCUT2D eigenvalue weighted by Crippen LogP contribution is 2.44. The number of hydrogen-bond donors (Lipinski definition) is 1. The van der Waals surface area contributed by atoms with Crippen molar-refractivity contribution in [1.29, 1.82) is 0 Å². The zero-order chi connectivity index (χ0) is 21.8. The second-order valence-electron chi connectivity index (χ2n) is 7.77. The molecule has 4 rings (SSSR count). The minimum Gasteiger partial charge on any atom is -0.448 e. The van der Waals surface area contributed by atoms with E-state index in [1.54, 1.807) is 4.90 Å². The van der Waals surface area contributed by atoms with Gasteiger partial charge >= 0.3 is 6.09 Å². The van der Waals surface area contributed by atoms with E-state index in [1.807, 2.05) is 55.5 Å². The fourth-order valence-corrected chi connectivity index (χ4v) is 4.69. The summed E-state index contributed by atoms with van der Waals surface area (Å²) >= 11 is 3.55. The second kappa shape index (κ2) is 9.67. The molecule has 5 heteroatoms. The van der Waals surface area contributed by atoms with Crippen LogP contribution in [0.4, 0.5) is 4.79 Å². The molecule has 1 unspecified atom stereocenters. The van der Waals surface area contributed by atoms with Crippen molar-refractivity contribution in [2.45, 2.75) is 31.8 Å². The first-order valence-corrected chi connectivity index (χ1v) is 11.4. The predicted octanol–water partition coefficient (Wildman–Crippen LogP) is 5.97. The molecule has 1 aliphatic rings. The zero-order valence-electron chi connectivity index (χ0n) is 17.5. The number of fused-ring (bicyclic) bond motifs is 3. The van der Waals surface area contributed by atoms with Crippen LogP contribution in [0.15, 0.2) is 77.3 Å². The van der Waals surface area contributed by atoms with Crippen molar-refractivity contribution in [3.05, 3.63) is 94.0 Å². The highest BCUT2D eigenvalue weighted by molar-refractivity contribution is 9.10. The average molecular weight is 480 g/mol. The lowest BCUT2D eigenvalue weighted by Gasteiger charge is -2.30. The van der Waals surface area contributed by atoms with E-state index in [4.69, 9.17) is 4.74 Å². The molecule has 0 radical (unpaired) electrons. The van der Waals surface area contributed by atoms with Crippen LogP contribution in [0.5, 0.6) is 0 Å². The Morgan fingerprint density at radius 1 is 1.00 bits per heavy atom. The zero-order valence-corrected chi connectivity index (χ0v) is 19.1. The third-order valence-electron chi connectivity index (χ3n) is 5.99. The van der Waals surface area contributed by atoms with Gasteiger partial charge < -0.3 is 9.84 Å². The quantitative estimate of drug-likeness (QED) is 0.453. The maximum Gasteiger partial charge on any atom is 0.410 e. The summed E-state index contributed by atoms with van der Waals surface area (Å²) in [5, 5.41) is 9.87. The molecular formula is C26H26BrNO3. The molecule has 0 heterocycles. The molecular weight excluding hydrogens is 454 g/mol. The Morgan fingerprint density at radius 2 is 1.58 bits per heavy atom. The molecule has 1 N–H and O–H groups in total. The smallest absolute Gasteiger partial charge is 0.410 e. The molecule has 0 saturated heterocycles.